The van der Waals surface area contributed by atoms with Crippen molar-refractivity contribution in [3.05, 3.63) is 70.4 Å². The lowest BCUT2D eigenvalue weighted by molar-refractivity contribution is 0.0603. The molecule has 2 amide bonds. The van der Waals surface area contributed by atoms with Gasteiger partial charge in [0, 0.05) is 51.9 Å². The summed E-state index contributed by atoms with van der Waals surface area (Å²) in [4.78, 5) is 35.2. The molecule has 0 saturated carbocycles. The van der Waals surface area contributed by atoms with Gasteiger partial charge in [-0.1, -0.05) is 29.5 Å². The second kappa shape index (κ2) is 11.9. The van der Waals surface area contributed by atoms with E-state index < -0.39 is 11.7 Å². The van der Waals surface area contributed by atoms with Gasteiger partial charge in [0.2, 0.25) is 0 Å². The number of ether oxygens (including phenoxy) is 1. The maximum atomic E-state index is 13.1. The first-order valence-electron chi connectivity index (χ1n) is 13.0. The average molecular weight is 545 g/mol. The lowest BCUT2D eigenvalue weighted by Gasteiger charge is -2.32. The third kappa shape index (κ3) is 7.58. The molecule has 7 nitrogen and oxygen atoms in total. The largest absolute Gasteiger partial charge is 0.442 e. The van der Waals surface area contributed by atoms with E-state index in [9.17, 15) is 9.59 Å². The van der Waals surface area contributed by atoms with Crippen molar-refractivity contribution in [1.29, 1.82) is 0 Å². The zero-order chi connectivity index (χ0) is 28.2. The number of aromatic nitrogens is 1. The predicted octanol–water partition coefficient (Wildman–Crippen LogP) is 6.51. The summed E-state index contributed by atoms with van der Waals surface area (Å²) in [6.07, 6.45) is 3.59. The van der Waals surface area contributed by atoms with Gasteiger partial charge < -0.3 is 15.4 Å². The maximum Gasteiger partial charge on any atom is 0.434 e. The second-order valence-corrected chi connectivity index (χ2v) is 11.3. The van der Waals surface area contributed by atoms with E-state index in [1.54, 1.807) is 24.4 Å². The fourth-order valence-corrected chi connectivity index (χ4v) is 4.76. The van der Waals surface area contributed by atoms with Crippen molar-refractivity contribution >= 4 is 45.9 Å². The molecule has 1 fully saturated rings. The molecule has 2 heterocycles. The summed E-state index contributed by atoms with van der Waals surface area (Å²) in [6, 6.07) is 12.8. The molecule has 1 aliphatic rings. The van der Waals surface area contributed by atoms with Gasteiger partial charge in [0.25, 0.3) is 5.91 Å². The van der Waals surface area contributed by atoms with Crippen LogP contribution in [0, 0.1) is 17.8 Å². The van der Waals surface area contributed by atoms with E-state index in [4.69, 9.17) is 22.1 Å². The van der Waals surface area contributed by atoms with E-state index in [-0.39, 0.29) is 5.91 Å². The van der Waals surface area contributed by atoms with Crippen LogP contribution in [0.2, 0.25) is 5.02 Å². The van der Waals surface area contributed by atoms with Crippen LogP contribution in [0.5, 0.6) is 0 Å². The van der Waals surface area contributed by atoms with Gasteiger partial charge in [-0.05, 0) is 89.3 Å². The number of hydrogen-bond acceptors (Lipinski definition) is 5. The molecule has 3 aromatic rings. The van der Waals surface area contributed by atoms with Gasteiger partial charge in [0.1, 0.15) is 11.4 Å². The summed E-state index contributed by atoms with van der Waals surface area (Å²) in [5.41, 5.74) is 8.31. The predicted molar refractivity (Wildman–Crippen MR) is 156 cm³/mol. The Labute approximate surface area is 234 Å². The minimum absolute atomic E-state index is 0.00393. The smallest absolute Gasteiger partial charge is 0.434 e. The summed E-state index contributed by atoms with van der Waals surface area (Å²) in [5.74, 6) is 6.98. The first-order valence-corrected chi connectivity index (χ1v) is 13.4. The summed E-state index contributed by atoms with van der Waals surface area (Å²) in [5, 5.41) is 2.37. The normalized spacial score (nSPS) is 14.6. The molecule has 39 heavy (non-hydrogen) atoms. The van der Waals surface area contributed by atoms with Crippen LogP contribution in [-0.4, -0.2) is 46.3 Å². The summed E-state index contributed by atoms with van der Waals surface area (Å²) in [7, 11) is 0. The monoisotopic (exact) mass is 544 g/mol. The van der Waals surface area contributed by atoms with Crippen LogP contribution in [0.1, 0.15) is 68.4 Å². The highest BCUT2D eigenvalue weighted by molar-refractivity contribution is 6.31. The van der Waals surface area contributed by atoms with Crippen LogP contribution >= 0.6 is 11.6 Å². The Morgan fingerprint density at radius 2 is 1.82 bits per heavy atom. The Morgan fingerprint density at radius 3 is 2.49 bits per heavy atom. The number of nitrogens with two attached hydrogens (primary N) is 1. The van der Waals surface area contributed by atoms with Gasteiger partial charge >= 0.3 is 6.09 Å². The first-order chi connectivity index (χ1) is 18.5. The van der Waals surface area contributed by atoms with Gasteiger partial charge in [-0.15, -0.1) is 0 Å². The zero-order valence-corrected chi connectivity index (χ0v) is 23.5. The number of rotatable bonds is 3. The zero-order valence-electron chi connectivity index (χ0n) is 22.8. The number of nitrogen functional groups attached to an aromatic ring is 1. The molecule has 1 saturated heterocycles. The highest BCUT2D eigenvalue weighted by Gasteiger charge is 2.24. The second-order valence-electron chi connectivity index (χ2n) is 10.8. The summed E-state index contributed by atoms with van der Waals surface area (Å²) in [6.45, 7) is 8.65. The van der Waals surface area contributed by atoms with Crippen molar-refractivity contribution in [2.45, 2.75) is 52.6 Å². The molecule has 2 aromatic carbocycles. The Bertz CT molecular complexity index is 1470. The minimum Gasteiger partial charge on any atom is -0.442 e. The molecule has 4 rings (SSSR count). The van der Waals surface area contributed by atoms with Crippen molar-refractivity contribution in [2.24, 2.45) is 10.9 Å². The lowest BCUT2D eigenvalue weighted by Crippen LogP contribution is -2.38. The number of likely N-dealkylation sites (tertiary alicyclic amines) is 1. The van der Waals surface area contributed by atoms with E-state index in [2.05, 4.69) is 21.8 Å². The van der Waals surface area contributed by atoms with Gasteiger partial charge in [-0.3, -0.25) is 4.79 Å². The molecule has 2 N–H and O–H groups in total. The Morgan fingerprint density at radius 1 is 1.13 bits per heavy atom. The Hall–Kier alpha value is -3.89. The van der Waals surface area contributed by atoms with Crippen molar-refractivity contribution in [1.82, 2.24) is 9.88 Å². The summed E-state index contributed by atoms with van der Waals surface area (Å²) < 4.78 is 5.27. The number of carbonyl (C=O) groups is 2. The van der Waals surface area contributed by atoms with E-state index >= 15 is 0 Å². The van der Waals surface area contributed by atoms with Crippen LogP contribution in [0.3, 0.4) is 0 Å². The number of aliphatic imine (C=N–C) groups is 1. The molecule has 0 bridgehead atoms. The van der Waals surface area contributed by atoms with Crippen LogP contribution in [0.25, 0.3) is 10.8 Å². The molecule has 0 unspecified atom stereocenters. The lowest BCUT2D eigenvalue weighted by atomic mass is 9.91. The molecule has 0 radical (unpaired) electrons. The molecule has 0 atom stereocenters. The third-order valence-electron chi connectivity index (χ3n) is 6.51. The van der Waals surface area contributed by atoms with E-state index in [0.717, 1.165) is 41.3 Å². The van der Waals surface area contributed by atoms with Gasteiger partial charge in [0.15, 0.2) is 0 Å². The number of fused-ring (bicyclic) bond motifs is 1. The van der Waals surface area contributed by atoms with Gasteiger partial charge in [-0.2, -0.15) is 4.99 Å². The fourth-order valence-electron chi connectivity index (χ4n) is 4.59. The third-order valence-corrected chi connectivity index (χ3v) is 6.74. The topological polar surface area (TPSA) is 97.9 Å². The number of halogens is 1. The van der Waals surface area contributed by atoms with Crippen molar-refractivity contribution in [3.63, 3.8) is 0 Å². The van der Waals surface area contributed by atoms with Crippen LogP contribution in [0.4, 0.5) is 10.6 Å². The number of piperidine rings is 1. The number of amides is 2. The van der Waals surface area contributed by atoms with Crippen molar-refractivity contribution in [2.75, 3.05) is 18.8 Å². The Kier molecular flexibility index (Phi) is 8.57. The molecule has 8 heteroatoms. The highest BCUT2D eigenvalue weighted by atomic mass is 35.5. The SMILES string of the molecule is CC(CC1CCN(C(=O)c2ccc(C#Cc3c(N)ncc4ccc(Cl)cc34)cc2)CC1)=NC(=O)OC(C)(C)C. The standard InChI is InChI=1S/C31H33ClN4O3/c1-20(35-30(38)39-31(2,3)4)17-22-13-15-36(16-14-22)29(37)23-8-5-21(6-9-23)7-12-26-27-18-25(32)11-10-24(27)19-34-28(26)33/h5-6,8-11,18-19,22H,13-17H2,1-4H3,(H2,33,34). The van der Waals surface area contributed by atoms with Crippen LogP contribution in [0.15, 0.2) is 53.7 Å². The molecule has 1 aromatic heterocycles. The number of carbonyl (C=O) groups excluding carboxylic acids is 2. The van der Waals surface area contributed by atoms with Crippen LogP contribution < -0.4 is 5.73 Å². The van der Waals surface area contributed by atoms with Gasteiger partial charge in [0.05, 0.1) is 5.56 Å². The number of hydrogen-bond donors (Lipinski definition) is 1. The molecule has 202 valence electrons. The number of pyridine rings is 1. The quantitative estimate of drug-likeness (QED) is 0.299. The average Bonchev–Trinajstić information content (AvgIpc) is 2.87. The fraction of sp³-hybridized carbons (Fsp3) is 0.355. The molecule has 0 aliphatic carbocycles. The maximum absolute atomic E-state index is 13.1. The van der Waals surface area contributed by atoms with Gasteiger partial charge in [-0.25, -0.2) is 9.78 Å². The van der Waals surface area contributed by atoms with E-state index in [0.29, 0.717) is 41.0 Å². The number of benzene rings is 2. The molecular weight excluding hydrogens is 512 g/mol. The minimum atomic E-state index is -0.561. The Balaban J connectivity index is 1.35. The van der Waals surface area contributed by atoms with Crippen LogP contribution in [-0.2, 0) is 4.74 Å². The summed E-state index contributed by atoms with van der Waals surface area (Å²) >= 11 is 6.17. The molecule has 0 spiro atoms. The van der Waals surface area contributed by atoms with E-state index in [1.807, 2.05) is 56.9 Å². The van der Waals surface area contributed by atoms with Crippen molar-refractivity contribution < 1.29 is 14.3 Å². The number of anilines is 1. The molecule has 1 aliphatic heterocycles. The highest BCUT2D eigenvalue weighted by Crippen LogP contribution is 2.25. The van der Waals surface area contributed by atoms with Crippen molar-refractivity contribution in [3.8, 4) is 11.8 Å². The molecular formula is C31H33ClN4O3. The number of nitrogens with zero attached hydrogens (tertiary/aromatic N) is 3. The first kappa shape index (κ1) is 28.1. The van der Waals surface area contributed by atoms with E-state index in [1.165, 1.54) is 0 Å².